The first-order valence-electron chi connectivity index (χ1n) is 10.8. The highest BCUT2D eigenvalue weighted by Crippen LogP contribution is 2.65. The summed E-state index contributed by atoms with van der Waals surface area (Å²) in [6, 6.07) is 0. The Bertz CT molecular complexity index is 693. The maximum absolute atomic E-state index is 11.0. The summed E-state index contributed by atoms with van der Waals surface area (Å²) in [5.74, 6) is 1.84. The predicted octanol–water partition coefficient (Wildman–Crippen LogP) is 3.86. The molecule has 0 heterocycles. The van der Waals surface area contributed by atoms with Crippen molar-refractivity contribution in [3.05, 3.63) is 21.8 Å². The van der Waals surface area contributed by atoms with Gasteiger partial charge in [-0.1, -0.05) is 24.6 Å². The van der Waals surface area contributed by atoms with Crippen LogP contribution in [-0.2, 0) is 9.68 Å². The molecule has 4 aliphatic carbocycles. The molecule has 156 valence electrons. The van der Waals surface area contributed by atoms with Crippen LogP contribution in [0.4, 0.5) is 0 Å². The molecule has 7 nitrogen and oxygen atoms in total. The molecule has 3 fully saturated rings. The molecular weight excluding hydrogens is 358 g/mol. The van der Waals surface area contributed by atoms with Crippen molar-refractivity contribution in [3.8, 4) is 0 Å². The van der Waals surface area contributed by atoms with E-state index in [1.54, 1.807) is 0 Å². The fourth-order valence-electron chi connectivity index (χ4n) is 7.05. The lowest BCUT2D eigenvalue weighted by molar-refractivity contribution is -0.772. The van der Waals surface area contributed by atoms with E-state index in [1.807, 2.05) is 0 Å². The Morgan fingerprint density at radius 2 is 2.04 bits per heavy atom. The first-order valence-corrected chi connectivity index (χ1v) is 10.8. The van der Waals surface area contributed by atoms with Gasteiger partial charge in [-0.3, -0.25) is 0 Å². The summed E-state index contributed by atoms with van der Waals surface area (Å²) in [6.07, 6.45) is 10.4. The highest BCUT2D eigenvalue weighted by atomic mass is 17.0. The minimum atomic E-state index is -0.581. The van der Waals surface area contributed by atoms with E-state index < -0.39 is 5.09 Å². The zero-order valence-electron chi connectivity index (χ0n) is 17.1. The van der Waals surface area contributed by atoms with Crippen molar-refractivity contribution < 1.29 is 14.8 Å². The topological polar surface area (TPSA) is 100.0 Å². The largest absolute Gasteiger partial charge is 0.394 e. The smallest absolute Gasteiger partial charge is 0.294 e. The van der Waals surface area contributed by atoms with Gasteiger partial charge in [0, 0.05) is 6.54 Å². The number of hydrogen-bond donors (Lipinski definition) is 1. The van der Waals surface area contributed by atoms with E-state index in [1.165, 1.54) is 12.0 Å². The van der Waals surface area contributed by atoms with E-state index in [0.29, 0.717) is 30.9 Å². The van der Waals surface area contributed by atoms with Crippen LogP contribution in [0.15, 0.2) is 16.8 Å². The molecule has 4 rings (SSSR count). The molecule has 0 amide bonds. The molecule has 0 saturated heterocycles. The third-order valence-electron chi connectivity index (χ3n) is 8.49. The van der Waals surface area contributed by atoms with Crippen LogP contribution >= 0.6 is 0 Å². The van der Waals surface area contributed by atoms with Crippen molar-refractivity contribution in [1.82, 2.24) is 0 Å². The predicted molar refractivity (Wildman–Crippen MR) is 106 cm³/mol. The van der Waals surface area contributed by atoms with Crippen LogP contribution in [0.25, 0.3) is 0 Å². The van der Waals surface area contributed by atoms with Crippen molar-refractivity contribution in [3.63, 3.8) is 0 Å². The van der Waals surface area contributed by atoms with Gasteiger partial charge in [-0.05, 0) is 86.0 Å². The average molecular weight is 392 g/mol. The molecule has 0 aromatic carbocycles. The van der Waals surface area contributed by atoms with Crippen molar-refractivity contribution in [2.24, 2.45) is 39.5 Å². The molecule has 3 saturated carbocycles. The van der Waals surface area contributed by atoms with Gasteiger partial charge in [0.2, 0.25) is 0 Å². The van der Waals surface area contributed by atoms with Crippen molar-refractivity contribution >= 4 is 5.71 Å². The summed E-state index contributed by atoms with van der Waals surface area (Å²) in [4.78, 5) is 21.4. The highest BCUT2D eigenvalue weighted by molar-refractivity contribution is 5.96. The van der Waals surface area contributed by atoms with Crippen molar-refractivity contribution in [1.29, 1.82) is 0 Å². The van der Waals surface area contributed by atoms with Gasteiger partial charge in [0.1, 0.15) is 12.7 Å². The number of allylic oxidation sites excluding steroid dienone is 2. The molecule has 4 aliphatic rings. The third-order valence-corrected chi connectivity index (χ3v) is 8.49. The standard InChI is InChI=1S/C21H33N3O4/c1-20-9-7-15(23-27-12-11-22)13-14(20)3-4-16-17-5-6-19(28-24(25)26)21(17,2)10-8-18(16)20/h13,16-19H,3-12,22H2,1-2H3. The highest BCUT2D eigenvalue weighted by Gasteiger charge is 2.59. The number of nitrogens with two attached hydrogens (primary N) is 1. The van der Waals surface area contributed by atoms with E-state index in [-0.39, 0.29) is 16.9 Å². The molecular formula is C21H33N3O4. The van der Waals surface area contributed by atoms with Gasteiger partial charge in [-0.25, -0.2) is 0 Å². The summed E-state index contributed by atoms with van der Waals surface area (Å²) in [6.45, 7) is 5.62. The van der Waals surface area contributed by atoms with E-state index in [0.717, 1.165) is 50.7 Å². The molecule has 0 spiro atoms. The van der Waals surface area contributed by atoms with Gasteiger partial charge in [0.25, 0.3) is 5.09 Å². The molecule has 6 atom stereocenters. The fraction of sp³-hybridized carbons (Fsp3) is 0.857. The number of rotatable bonds is 5. The summed E-state index contributed by atoms with van der Waals surface area (Å²) in [7, 11) is 0. The van der Waals surface area contributed by atoms with Crippen molar-refractivity contribution in [2.45, 2.75) is 71.3 Å². The Morgan fingerprint density at radius 1 is 1.21 bits per heavy atom. The SMILES string of the molecule is CC12CCC(=NOCCN)C=C1CCC1C2CCC2(C)C(O[N+](=O)[O-])CCC12. The summed E-state index contributed by atoms with van der Waals surface area (Å²) in [5, 5.41) is 14.7. The minimum absolute atomic E-state index is 0.0524. The second-order valence-electron chi connectivity index (χ2n) is 9.65. The quantitative estimate of drug-likeness (QED) is 0.436. The van der Waals surface area contributed by atoms with Gasteiger partial charge in [-0.15, -0.1) is 10.1 Å². The first kappa shape index (κ1) is 19.7. The van der Waals surface area contributed by atoms with Gasteiger partial charge in [0.15, 0.2) is 0 Å². The lowest BCUT2D eigenvalue weighted by Crippen LogP contribution is -2.51. The summed E-state index contributed by atoms with van der Waals surface area (Å²) >= 11 is 0. The van der Waals surface area contributed by atoms with Gasteiger partial charge >= 0.3 is 0 Å². The molecule has 0 aromatic rings. The minimum Gasteiger partial charge on any atom is -0.394 e. The summed E-state index contributed by atoms with van der Waals surface area (Å²) < 4.78 is 0. The monoisotopic (exact) mass is 391 g/mol. The number of fused-ring (bicyclic) bond motifs is 5. The molecule has 0 aromatic heterocycles. The first-order chi connectivity index (χ1) is 13.4. The van der Waals surface area contributed by atoms with Crippen LogP contribution in [0.3, 0.4) is 0 Å². The number of hydrogen-bond acceptors (Lipinski definition) is 6. The number of oxime groups is 1. The van der Waals surface area contributed by atoms with Gasteiger partial charge in [-0.2, -0.15) is 0 Å². The van der Waals surface area contributed by atoms with Crippen LogP contribution < -0.4 is 5.73 Å². The van der Waals surface area contributed by atoms with E-state index in [2.05, 4.69) is 25.1 Å². The Labute approximate surface area is 166 Å². The Morgan fingerprint density at radius 3 is 2.79 bits per heavy atom. The Kier molecular flexibility index (Phi) is 5.14. The molecule has 6 unspecified atom stereocenters. The second-order valence-corrected chi connectivity index (χ2v) is 9.65. The zero-order valence-corrected chi connectivity index (χ0v) is 17.1. The molecule has 0 bridgehead atoms. The van der Waals surface area contributed by atoms with Crippen molar-refractivity contribution in [2.75, 3.05) is 13.2 Å². The summed E-state index contributed by atoms with van der Waals surface area (Å²) in [5.41, 5.74) is 8.21. The molecule has 2 N–H and O–H groups in total. The van der Waals surface area contributed by atoms with Crippen LogP contribution in [0.5, 0.6) is 0 Å². The third kappa shape index (κ3) is 3.11. The normalized spacial score (nSPS) is 43.5. The van der Waals surface area contributed by atoms with Crippen LogP contribution in [0.1, 0.15) is 65.2 Å². The average Bonchev–Trinajstić information content (AvgIpc) is 2.98. The molecule has 0 aliphatic heterocycles. The maximum atomic E-state index is 11.0. The van der Waals surface area contributed by atoms with Gasteiger partial charge in [0.05, 0.1) is 5.71 Å². The Hall–Kier alpha value is -1.63. The lowest BCUT2D eigenvalue weighted by atomic mass is 9.47. The van der Waals surface area contributed by atoms with E-state index in [4.69, 9.17) is 15.4 Å². The fourth-order valence-corrected chi connectivity index (χ4v) is 7.05. The Balaban J connectivity index is 1.54. The lowest BCUT2D eigenvalue weighted by Gasteiger charge is -2.58. The zero-order chi connectivity index (χ0) is 19.9. The maximum Gasteiger partial charge on any atom is 0.294 e. The van der Waals surface area contributed by atoms with E-state index >= 15 is 0 Å². The molecule has 28 heavy (non-hydrogen) atoms. The van der Waals surface area contributed by atoms with Crippen LogP contribution in [0, 0.1) is 38.7 Å². The van der Waals surface area contributed by atoms with Crippen LogP contribution in [0.2, 0.25) is 0 Å². The van der Waals surface area contributed by atoms with Crippen LogP contribution in [-0.4, -0.2) is 30.1 Å². The van der Waals surface area contributed by atoms with E-state index in [9.17, 15) is 10.1 Å². The molecule has 0 radical (unpaired) electrons. The second kappa shape index (κ2) is 7.32. The number of nitrogens with zero attached hydrogens (tertiary/aromatic N) is 2. The molecule has 7 heteroatoms. The van der Waals surface area contributed by atoms with Gasteiger partial charge < -0.3 is 15.4 Å².